The monoisotopic (exact) mass is 716 g/mol. The molecule has 1 unspecified atom stereocenters. The number of aryl methyl sites for hydroxylation is 1. The highest BCUT2D eigenvalue weighted by atomic mass is 31.2. The lowest BCUT2D eigenvalue weighted by molar-refractivity contribution is -0.142. The lowest BCUT2D eigenvalue weighted by Gasteiger charge is -2.36. The number of hydrogen-bond acceptors (Lipinski definition) is 8. The Hall–Kier alpha value is -3.41. The maximum atomic E-state index is 14.4. The Morgan fingerprint density at radius 2 is 1.92 bits per heavy atom. The summed E-state index contributed by atoms with van der Waals surface area (Å²) in [6.07, 6.45) is 2.94. The Bertz CT molecular complexity index is 1560. The number of carbonyl (C=O) groups excluding carboxylic acids is 4. The number of ether oxygens (including phenoxy) is 2. The summed E-state index contributed by atoms with van der Waals surface area (Å²) in [5, 5.41) is 3.89. The highest BCUT2D eigenvalue weighted by Gasteiger charge is 2.67. The Balaban J connectivity index is 1.46. The zero-order chi connectivity index (χ0) is 36.6. The van der Waals surface area contributed by atoms with Crippen molar-refractivity contribution in [1.29, 1.82) is 0 Å². The third kappa shape index (κ3) is 7.90. The number of nitrogens with zero attached hydrogens (tertiary/aromatic N) is 2. The van der Waals surface area contributed by atoms with Gasteiger partial charge >= 0.3 is 19.8 Å². The lowest BCUT2D eigenvalue weighted by Crippen LogP contribution is -2.58. The molecule has 4 bridgehead atoms. The molecule has 0 radical (unpaired) electrons. The molecule has 2 fully saturated rings. The van der Waals surface area contributed by atoms with Crippen molar-refractivity contribution >= 4 is 31.6 Å². The fourth-order valence-electron chi connectivity index (χ4n) is 7.35. The van der Waals surface area contributed by atoms with E-state index in [1.165, 1.54) is 16.5 Å². The van der Waals surface area contributed by atoms with E-state index in [0.717, 1.165) is 36.8 Å². The molecule has 1 saturated heterocycles. The van der Waals surface area contributed by atoms with Crippen LogP contribution in [0.3, 0.4) is 0 Å². The summed E-state index contributed by atoms with van der Waals surface area (Å²) in [7, 11) is -4.34. The first-order valence-corrected chi connectivity index (χ1v) is 19.2. The standard InChI is InChI=1S/C36H53N4O9P/c1-8-25-18-36(25,50(45,46)48-9-2)38-30(41)28-17-26-20-40(28)31(42)29(34(3,4)5)37-32(43)47-22-35(6,7)16-11-10-13-23-14-12-15-24-19-39(21-27(23)24)33(44)49-26/h8,12,14-15,25-26,28-29H,1,9-11,13,16-22H2,2-7H3,(H,37,43)(H,38,41)(H,45,46)/t25-,26+,28-,29+,36+/m0/s1. The Morgan fingerprint density at radius 3 is 2.58 bits per heavy atom. The second-order valence-electron chi connectivity index (χ2n) is 15.9. The molecule has 5 rings (SSSR count). The van der Waals surface area contributed by atoms with Crippen molar-refractivity contribution in [3.05, 3.63) is 47.5 Å². The molecule has 3 heterocycles. The molecular weight excluding hydrogens is 663 g/mol. The van der Waals surface area contributed by atoms with Gasteiger partial charge in [-0.25, -0.2) is 9.59 Å². The van der Waals surface area contributed by atoms with Gasteiger partial charge in [0, 0.05) is 25.4 Å². The van der Waals surface area contributed by atoms with Crippen molar-refractivity contribution in [3.63, 3.8) is 0 Å². The molecule has 276 valence electrons. The second kappa shape index (κ2) is 14.3. The zero-order valence-electron chi connectivity index (χ0n) is 30.2. The van der Waals surface area contributed by atoms with Crippen molar-refractivity contribution in [2.75, 3.05) is 19.8 Å². The van der Waals surface area contributed by atoms with Crippen LogP contribution in [0.25, 0.3) is 0 Å². The fraction of sp³-hybridized carbons (Fsp3) is 0.667. The predicted molar refractivity (Wildman–Crippen MR) is 186 cm³/mol. The number of amides is 4. The van der Waals surface area contributed by atoms with Crippen LogP contribution in [-0.2, 0) is 47.7 Å². The second-order valence-corrected chi connectivity index (χ2v) is 18.0. The summed E-state index contributed by atoms with van der Waals surface area (Å²) in [4.78, 5) is 69.1. The van der Waals surface area contributed by atoms with E-state index in [1.54, 1.807) is 32.6 Å². The first-order valence-electron chi connectivity index (χ1n) is 17.6. The number of benzene rings is 1. The van der Waals surface area contributed by atoms with Crippen LogP contribution >= 0.6 is 7.60 Å². The molecule has 1 saturated carbocycles. The summed E-state index contributed by atoms with van der Waals surface area (Å²) in [5.41, 5.74) is 2.24. The van der Waals surface area contributed by atoms with Crippen molar-refractivity contribution in [3.8, 4) is 0 Å². The van der Waals surface area contributed by atoms with E-state index in [4.69, 9.17) is 14.0 Å². The normalized spacial score (nSPS) is 30.0. The number of fused-ring (bicyclic) bond motifs is 3. The van der Waals surface area contributed by atoms with Crippen LogP contribution in [0.4, 0.5) is 9.59 Å². The molecule has 50 heavy (non-hydrogen) atoms. The Kier molecular flexibility index (Phi) is 10.8. The number of hydrogen-bond donors (Lipinski definition) is 3. The third-order valence-corrected chi connectivity index (χ3v) is 12.6. The Morgan fingerprint density at radius 1 is 1.20 bits per heavy atom. The van der Waals surface area contributed by atoms with Crippen LogP contribution in [0.2, 0.25) is 0 Å². The largest absolute Gasteiger partial charge is 0.449 e. The van der Waals surface area contributed by atoms with Gasteiger partial charge in [0.05, 0.1) is 19.8 Å². The fourth-order valence-corrected chi connectivity index (χ4v) is 9.14. The number of cyclic esters (lactones) is 1. The highest BCUT2D eigenvalue weighted by Crippen LogP contribution is 2.70. The highest BCUT2D eigenvalue weighted by molar-refractivity contribution is 7.55. The van der Waals surface area contributed by atoms with Crippen molar-refractivity contribution in [2.24, 2.45) is 16.7 Å². The van der Waals surface area contributed by atoms with Gasteiger partial charge in [0.1, 0.15) is 23.5 Å². The minimum absolute atomic E-state index is 0.0462. The molecular formula is C36H53N4O9P. The molecule has 14 heteroatoms. The molecule has 3 N–H and O–H groups in total. The van der Waals surface area contributed by atoms with Crippen LogP contribution in [0.5, 0.6) is 0 Å². The summed E-state index contributed by atoms with van der Waals surface area (Å²) >= 11 is 0. The maximum Gasteiger partial charge on any atom is 0.410 e. The molecule has 1 aliphatic carbocycles. The van der Waals surface area contributed by atoms with Crippen LogP contribution in [-0.4, -0.2) is 81.9 Å². The lowest BCUT2D eigenvalue weighted by atomic mass is 9.85. The molecule has 1 aromatic carbocycles. The first kappa shape index (κ1) is 37.8. The van der Waals surface area contributed by atoms with Crippen molar-refractivity contribution in [2.45, 2.75) is 117 Å². The van der Waals surface area contributed by atoms with Gasteiger partial charge in [-0.05, 0) is 60.1 Å². The minimum Gasteiger partial charge on any atom is -0.449 e. The molecule has 4 amide bonds. The molecule has 4 aliphatic rings. The van der Waals surface area contributed by atoms with E-state index < -0.39 is 66.4 Å². The summed E-state index contributed by atoms with van der Waals surface area (Å²) in [5.74, 6) is -1.78. The summed E-state index contributed by atoms with van der Waals surface area (Å²) < 4.78 is 30.2. The summed E-state index contributed by atoms with van der Waals surface area (Å²) in [6.45, 7) is 15.5. The summed E-state index contributed by atoms with van der Waals surface area (Å²) in [6, 6.07) is 3.82. The molecule has 3 aliphatic heterocycles. The average molecular weight is 717 g/mol. The smallest absolute Gasteiger partial charge is 0.410 e. The van der Waals surface area contributed by atoms with Gasteiger partial charge in [-0.3, -0.25) is 19.1 Å². The van der Waals surface area contributed by atoms with Crippen molar-refractivity contribution in [1.82, 2.24) is 20.4 Å². The van der Waals surface area contributed by atoms with Gasteiger partial charge in [-0.2, -0.15) is 0 Å². The average Bonchev–Trinajstić information content (AvgIpc) is 3.35. The van der Waals surface area contributed by atoms with Crippen LogP contribution in [0, 0.1) is 16.7 Å². The van der Waals surface area contributed by atoms with Gasteiger partial charge in [-0.1, -0.05) is 65.3 Å². The minimum atomic E-state index is -4.34. The zero-order valence-corrected chi connectivity index (χ0v) is 31.1. The molecule has 0 aromatic heterocycles. The maximum absolute atomic E-state index is 14.4. The van der Waals surface area contributed by atoms with E-state index in [9.17, 15) is 28.6 Å². The van der Waals surface area contributed by atoms with Gasteiger partial charge in [0.2, 0.25) is 11.8 Å². The molecule has 13 nitrogen and oxygen atoms in total. The topological polar surface area (TPSA) is 164 Å². The number of nitrogens with one attached hydrogen (secondary N) is 2. The predicted octanol–water partition coefficient (Wildman–Crippen LogP) is 5.24. The molecule has 0 spiro atoms. The quantitative estimate of drug-likeness (QED) is 0.264. The third-order valence-electron chi connectivity index (χ3n) is 10.4. The van der Waals surface area contributed by atoms with Crippen LogP contribution < -0.4 is 10.6 Å². The number of carbonyl (C=O) groups is 4. The van der Waals surface area contributed by atoms with Crippen LogP contribution in [0.1, 0.15) is 90.3 Å². The van der Waals surface area contributed by atoms with E-state index in [2.05, 4.69) is 23.3 Å². The van der Waals surface area contributed by atoms with Crippen molar-refractivity contribution < 1.29 is 42.6 Å². The number of rotatable bonds is 6. The van der Waals surface area contributed by atoms with Gasteiger partial charge in [0.25, 0.3) is 0 Å². The van der Waals surface area contributed by atoms with E-state index in [-0.39, 0.29) is 38.0 Å². The van der Waals surface area contributed by atoms with Crippen LogP contribution in [0.15, 0.2) is 30.9 Å². The van der Waals surface area contributed by atoms with Gasteiger partial charge in [-0.15, -0.1) is 6.58 Å². The first-order chi connectivity index (χ1) is 23.4. The SMILES string of the molecule is C=C[C@H]1C[C@@]1(NC(=O)[C@@H]1C[C@@H]2CN1C(=O)[C@H](C(C)(C)C)NC(=O)OCC(C)(C)CCCCc1cccc3c1CN(C3)C(=O)O2)P(=O)(O)OCC. The van der Waals surface area contributed by atoms with E-state index in [1.807, 2.05) is 26.0 Å². The van der Waals surface area contributed by atoms with Gasteiger partial charge < -0.3 is 34.4 Å². The number of alkyl carbamates (subject to hydrolysis) is 1. The molecule has 6 atom stereocenters. The van der Waals surface area contributed by atoms with E-state index >= 15 is 0 Å². The van der Waals surface area contributed by atoms with E-state index in [0.29, 0.717) is 13.1 Å². The molecule has 1 aromatic rings. The van der Waals surface area contributed by atoms with Gasteiger partial charge in [0.15, 0.2) is 0 Å². The Labute approximate surface area is 295 Å².